The number of rotatable bonds is 9. The second-order valence-electron chi connectivity index (χ2n) is 9.02. The predicted molar refractivity (Wildman–Crippen MR) is 143 cm³/mol. The smallest absolute Gasteiger partial charge is 0.356 e. The zero-order chi connectivity index (χ0) is 29.3. The maximum absolute atomic E-state index is 13.1. The molecule has 2 saturated heterocycles. The molecule has 2 aromatic rings. The number of ether oxygens (including phenoxy) is 1. The first-order valence-corrected chi connectivity index (χ1v) is 13.0. The number of aromatic nitrogens is 1. The van der Waals surface area contributed by atoms with Crippen LogP contribution in [0.3, 0.4) is 0 Å². The number of allylic oxidation sites excluding steroid dienone is 1. The molecule has 0 bridgehead atoms. The molecular weight excluding hydrogens is 558 g/mol. The molecular formula is C25H23N7O8S. The van der Waals surface area contributed by atoms with E-state index in [2.05, 4.69) is 15.5 Å². The third-order valence-corrected chi connectivity index (χ3v) is 7.11. The summed E-state index contributed by atoms with van der Waals surface area (Å²) in [5, 5.41) is 17.6. The molecule has 2 fully saturated rings. The minimum Gasteiger partial charge on any atom is -0.489 e. The van der Waals surface area contributed by atoms with Crippen molar-refractivity contribution in [3.63, 3.8) is 0 Å². The Labute approximate surface area is 235 Å². The number of primary amides is 1. The van der Waals surface area contributed by atoms with Gasteiger partial charge < -0.3 is 36.4 Å². The highest BCUT2D eigenvalue weighted by molar-refractivity contribution is 7.13. The van der Waals surface area contributed by atoms with Crippen molar-refractivity contribution in [3.8, 4) is 0 Å². The fourth-order valence-corrected chi connectivity index (χ4v) is 5.11. The van der Waals surface area contributed by atoms with Crippen molar-refractivity contribution in [2.45, 2.75) is 18.5 Å². The summed E-state index contributed by atoms with van der Waals surface area (Å²) in [7, 11) is 0. The van der Waals surface area contributed by atoms with Gasteiger partial charge in [0.2, 0.25) is 0 Å². The summed E-state index contributed by atoms with van der Waals surface area (Å²) in [6.07, 6.45) is 1.70. The largest absolute Gasteiger partial charge is 0.489 e. The molecule has 2 atom stereocenters. The van der Waals surface area contributed by atoms with Crippen LogP contribution in [0.25, 0.3) is 0 Å². The Balaban J connectivity index is 1.34. The number of nitrogens with two attached hydrogens (primary N) is 2. The van der Waals surface area contributed by atoms with Gasteiger partial charge in [0, 0.05) is 23.2 Å². The van der Waals surface area contributed by atoms with Gasteiger partial charge in [-0.2, -0.15) is 0 Å². The number of aliphatic carboxylic acids is 1. The molecule has 5 rings (SSSR count). The lowest BCUT2D eigenvalue weighted by atomic mass is 9.92. The topological polar surface area (TPSA) is 220 Å². The Bertz CT molecular complexity index is 1530. The van der Waals surface area contributed by atoms with E-state index in [9.17, 15) is 29.1 Å². The summed E-state index contributed by atoms with van der Waals surface area (Å²) < 4.78 is 5.71. The van der Waals surface area contributed by atoms with Gasteiger partial charge in [-0.1, -0.05) is 23.4 Å². The fourth-order valence-electron chi connectivity index (χ4n) is 4.56. The molecule has 0 aliphatic carbocycles. The number of amides is 4. The summed E-state index contributed by atoms with van der Waals surface area (Å²) in [5.41, 5.74) is 10.9. The second-order valence-corrected chi connectivity index (χ2v) is 9.91. The lowest BCUT2D eigenvalue weighted by Gasteiger charge is -2.49. The van der Waals surface area contributed by atoms with E-state index in [4.69, 9.17) is 21.0 Å². The zero-order valence-corrected chi connectivity index (χ0v) is 22.0. The molecule has 0 unspecified atom stereocenters. The van der Waals surface area contributed by atoms with Crippen LogP contribution in [-0.2, 0) is 33.5 Å². The quantitative estimate of drug-likeness (QED) is 0.126. The average Bonchev–Trinajstić information content (AvgIpc) is 3.54. The van der Waals surface area contributed by atoms with E-state index in [1.54, 1.807) is 29.2 Å². The number of fused-ring (bicyclic) bond motifs is 1. The number of carboxylic acid groups (broad SMARTS) is 1. The van der Waals surface area contributed by atoms with Crippen molar-refractivity contribution in [2.24, 2.45) is 10.9 Å². The van der Waals surface area contributed by atoms with E-state index in [0.717, 1.165) is 16.2 Å². The third-order valence-electron chi connectivity index (χ3n) is 6.43. The first-order valence-electron chi connectivity index (χ1n) is 12.2. The van der Waals surface area contributed by atoms with Gasteiger partial charge in [0.1, 0.15) is 24.4 Å². The molecule has 212 valence electrons. The molecule has 6 N–H and O–H groups in total. The van der Waals surface area contributed by atoms with Gasteiger partial charge in [0.25, 0.3) is 23.6 Å². The van der Waals surface area contributed by atoms with Gasteiger partial charge in [-0.3, -0.25) is 24.1 Å². The molecule has 41 heavy (non-hydrogen) atoms. The molecule has 4 amide bonds. The average molecular weight is 582 g/mol. The van der Waals surface area contributed by atoms with E-state index >= 15 is 0 Å². The lowest BCUT2D eigenvalue weighted by Crippen LogP contribution is -2.73. The first kappa shape index (κ1) is 27.3. The number of para-hydroxylation sites is 1. The number of nitrogens with zero attached hydrogens (tertiary/aromatic N) is 4. The number of nitrogens with one attached hydrogen (secondary N) is 1. The van der Waals surface area contributed by atoms with E-state index in [-0.39, 0.29) is 34.8 Å². The second kappa shape index (κ2) is 11.1. The molecule has 1 aromatic carbocycles. The third kappa shape index (κ3) is 5.31. The van der Waals surface area contributed by atoms with Crippen LogP contribution in [0.4, 0.5) is 10.8 Å². The molecule has 3 aliphatic rings. The lowest BCUT2D eigenvalue weighted by molar-refractivity contribution is -0.159. The Morgan fingerprint density at radius 2 is 2.02 bits per heavy atom. The van der Waals surface area contributed by atoms with Gasteiger partial charge in [0.05, 0.1) is 0 Å². The number of carbonyl (C=O) groups excluding carboxylic acids is 4. The Morgan fingerprint density at radius 3 is 2.68 bits per heavy atom. The summed E-state index contributed by atoms with van der Waals surface area (Å²) >= 11 is 1.02. The van der Waals surface area contributed by atoms with Crippen LogP contribution >= 0.6 is 11.3 Å². The molecule has 0 radical (unpaired) electrons. The molecule has 4 heterocycles. The van der Waals surface area contributed by atoms with Crippen LogP contribution in [0.1, 0.15) is 12.1 Å². The van der Waals surface area contributed by atoms with Crippen molar-refractivity contribution in [1.29, 1.82) is 0 Å². The Morgan fingerprint density at radius 1 is 1.27 bits per heavy atom. The van der Waals surface area contributed by atoms with Crippen molar-refractivity contribution >= 4 is 57.5 Å². The summed E-state index contributed by atoms with van der Waals surface area (Å²) in [5.74, 6) is -4.30. The van der Waals surface area contributed by atoms with Crippen LogP contribution in [0.2, 0.25) is 0 Å². The Kier molecular flexibility index (Phi) is 7.39. The fraction of sp³-hybridized carbons (Fsp3) is 0.240. The standard InChI is InChI=1S/C25H23N7O8S/c26-17(33)10-40-30-18(14-11-41-25(27)28-14)21(34)29-19-15-9-39-16(20(24(37)38)32(15)23(19)36)8-12-6-7-31(22(12)35)13-4-2-1-3-5-13/h1-5,8,11,15,19H,6-7,9-10H2,(H2,26,33)(H2,27,28)(H,29,34)(H,37,38)/b12-8+,30-18-/t15-,19+/m1/s1. The minimum absolute atomic E-state index is 0.0313. The molecule has 0 saturated carbocycles. The summed E-state index contributed by atoms with van der Waals surface area (Å²) in [6, 6.07) is 7.01. The predicted octanol–water partition coefficient (Wildman–Crippen LogP) is -0.683. The van der Waals surface area contributed by atoms with Gasteiger partial charge >= 0.3 is 5.97 Å². The zero-order valence-electron chi connectivity index (χ0n) is 21.2. The van der Waals surface area contributed by atoms with Crippen LogP contribution in [0.15, 0.2) is 64.0 Å². The van der Waals surface area contributed by atoms with Crippen molar-refractivity contribution in [2.75, 3.05) is 30.4 Å². The molecule has 1 aromatic heterocycles. The monoisotopic (exact) mass is 581 g/mol. The molecule has 15 nitrogen and oxygen atoms in total. The maximum atomic E-state index is 13.1. The van der Waals surface area contributed by atoms with Crippen molar-refractivity contribution in [3.05, 3.63) is 64.5 Å². The van der Waals surface area contributed by atoms with Crippen molar-refractivity contribution in [1.82, 2.24) is 15.2 Å². The molecule has 0 spiro atoms. The summed E-state index contributed by atoms with van der Waals surface area (Å²) in [6.45, 7) is -0.363. The van der Waals surface area contributed by atoms with E-state index in [1.165, 1.54) is 11.5 Å². The molecule has 3 aliphatic heterocycles. The van der Waals surface area contributed by atoms with E-state index in [0.29, 0.717) is 24.2 Å². The number of oxime groups is 1. The van der Waals surface area contributed by atoms with Crippen molar-refractivity contribution < 1.29 is 38.7 Å². The highest BCUT2D eigenvalue weighted by Gasteiger charge is 2.55. The number of carbonyl (C=O) groups is 5. The normalized spacial score (nSPS) is 21.4. The van der Waals surface area contributed by atoms with E-state index < -0.39 is 48.1 Å². The number of hydrogen-bond acceptors (Lipinski definition) is 11. The number of hydrogen-bond donors (Lipinski definition) is 4. The first-order chi connectivity index (χ1) is 19.7. The highest BCUT2D eigenvalue weighted by atomic mass is 32.1. The van der Waals surface area contributed by atoms with Crippen LogP contribution < -0.4 is 21.7 Å². The number of anilines is 2. The minimum atomic E-state index is -1.44. The van der Waals surface area contributed by atoms with Crippen LogP contribution in [0, 0.1) is 0 Å². The maximum Gasteiger partial charge on any atom is 0.356 e. The number of benzene rings is 1. The number of nitrogen functional groups attached to an aromatic ring is 1. The van der Waals surface area contributed by atoms with Crippen LogP contribution in [0.5, 0.6) is 0 Å². The SMILES string of the molecule is NC(=O)CO/N=C(\C(=O)N[C@@H]1C(=O)N2C(C(=O)O)=C(/C=C3\CCN(c4ccccc4)C3=O)OC[C@H]12)c1csc(N)n1. The van der Waals surface area contributed by atoms with Crippen LogP contribution in [-0.4, -0.2) is 82.1 Å². The van der Waals surface area contributed by atoms with E-state index in [1.807, 2.05) is 6.07 Å². The number of thiazole rings is 1. The molecule has 16 heteroatoms. The number of β-lactam (4-membered cyclic amide) rings is 1. The van der Waals surface area contributed by atoms with Gasteiger partial charge in [0.15, 0.2) is 28.9 Å². The van der Waals surface area contributed by atoms with Gasteiger partial charge in [-0.25, -0.2) is 9.78 Å². The Hall–Kier alpha value is -5.25. The number of carboxylic acids is 1. The highest BCUT2D eigenvalue weighted by Crippen LogP contribution is 2.35. The summed E-state index contributed by atoms with van der Waals surface area (Å²) in [4.78, 5) is 73.7. The van der Waals surface area contributed by atoms with Gasteiger partial charge in [-0.05, 0) is 24.6 Å². The van der Waals surface area contributed by atoms with Gasteiger partial charge in [-0.15, -0.1) is 11.3 Å².